The quantitative estimate of drug-likeness (QED) is 0.685. The molecular formula is C13H14N2O. The average Bonchev–Trinajstić information content (AvgIpc) is 2.32. The summed E-state index contributed by atoms with van der Waals surface area (Å²) in [6.07, 6.45) is 4.88. The van der Waals surface area contributed by atoms with Gasteiger partial charge in [-0.1, -0.05) is 23.8 Å². The molecule has 0 N–H and O–H groups in total. The largest absolute Gasteiger partial charge is 0.295 e. The van der Waals surface area contributed by atoms with Crippen molar-refractivity contribution >= 4 is 5.78 Å². The van der Waals surface area contributed by atoms with Crippen LogP contribution in [0.2, 0.25) is 0 Å². The Morgan fingerprint density at radius 3 is 2.12 bits per heavy atom. The van der Waals surface area contributed by atoms with Crippen LogP contribution in [0.1, 0.15) is 22.8 Å². The van der Waals surface area contributed by atoms with Crippen LogP contribution in [0.3, 0.4) is 0 Å². The molecule has 1 aromatic carbocycles. The van der Waals surface area contributed by atoms with Crippen LogP contribution in [0.25, 0.3) is 0 Å². The lowest BCUT2D eigenvalue weighted by atomic mass is 10.1. The van der Waals surface area contributed by atoms with Crippen LogP contribution in [-0.4, -0.2) is 15.8 Å². The number of aryl methyl sites for hydroxylation is 1. The van der Waals surface area contributed by atoms with Crippen LogP contribution in [-0.2, 0) is 0 Å². The lowest BCUT2D eigenvalue weighted by Crippen LogP contribution is -1.90. The van der Waals surface area contributed by atoms with Crippen LogP contribution in [0, 0.1) is 6.92 Å². The number of carbonyl (C=O) groups is 1. The van der Waals surface area contributed by atoms with Crippen LogP contribution >= 0.6 is 0 Å². The highest BCUT2D eigenvalue weighted by molar-refractivity contribution is 5.94. The fraction of sp³-hybridized carbons (Fsp3) is 0.154. The topological polar surface area (TPSA) is 42.9 Å². The first kappa shape index (κ1) is 12.0. The van der Waals surface area contributed by atoms with Gasteiger partial charge < -0.3 is 0 Å². The molecule has 0 amide bonds. The SMILES string of the molecule is CC(=O)c1cccc(C)c1.c1cncnc1. The summed E-state index contributed by atoms with van der Waals surface area (Å²) in [4.78, 5) is 18.1. The molecule has 16 heavy (non-hydrogen) atoms. The number of hydrogen-bond donors (Lipinski definition) is 0. The minimum Gasteiger partial charge on any atom is -0.295 e. The Labute approximate surface area is 95.2 Å². The third-order valence-corrected chi connectivity index (χ3v) is 1.90. The molecule has 1 heterocycles. The van der Waals surface area contributed by atoms with E-state index in [-0.39, 0.29) is 5.78 Å². The van der Waals surface area contributed by atoms with Crippen molar-refractivity contribution in [1.82, 2.24) is 9.97 Å². The maximum absolute atomic E-state index is 10.8. The molecule has 2 rings (SSSR count). The first-order valence-corrected chi connectivity index (χ1v) is 4.97. The Balaban J connectivity index is 0.000000181. The van der Waals surface area contributed by atoms with Gasteiger partial charge in [0.25, 0.3) is 0 Å². The van der Waals surface area contributed by atoms with Gasteiger partial charge in [-0.25, -0.2) is 9.97 Å². The van der Waals surface area contributed by atoms with Crippen molar-refractivity contribution in [2.24, 2.45) is 0 Å². The summed E-state index contributed by atoms with van der Waals surface area (Å²) in [7, 11) is 0. The molecular weight excluding hydrogens is 200 g/mol. The van der Waals surface area contributed by atoms with Gasteiger partial charge in [0.15, 0.2) is 5.78 Å². The van der Waals surface area contributed by atoms with Crippen LogP contribution in [0.5, 0.6) is 0 Å². The molecule has 0 aliphatic heterocycles. The van der Waals surface area contributed by atoms with Gasteiger partial charge in [-0.05, 0) is 26.0 Å². The van der Waals surface area contributed by atoms with Crippen molar-refractivity contribution in [3.63, 3.8) is 0 Å². The van der Waals surface area contributed by atoms with E-state index in [4.69, 9.17) is 0 Å². The van der Waals surface area contributed by atoms with Gasteiger partial charge in [0.2, 0.25) is 0 Å². The van der Waals surface area contributed by atoms with Crippen molar-refractivity contribution in [3.8, 4) is 0 Å². The second-order valence-electron chi connectivity index (χ2n) is 3.33. The van der Waals surface area contributed by atoms with Crippen molar-refractivity contribution in [3.05, 3.63) is 60.2 Å². The van der Waals surface area contributed by atoms with Gasteiger partial charge >= 0.3 is 0 Å². The van der Waals surface area contributed by atoms with Crippen molar-refractivity contribution in [2.75, 3.05) is 0 Å². The molecule has 0 saturated carbocycles. The summed E-state index contributed by atoms with van der Waals surface area (Å²) in [5.41, 5.74) is 1.92. The van der Waals surface area contributed by atoms with Crippen LogP contribution in [0.4, 0.5) is 0 Å². The second-order valence-corrected chi connectivity index (χ2v) is 3.33. The zero-order valence-corrected chi connectivity index (χ0v) is 9.42. The average molecular weight is 214 g/mol. The summed E-state index contributed by atoms with van der Waals surface area (Å²) in [6.45, 7) is 3.56. The maximum Gasteiger partial charge on any atom is 0.159 e. The molecule has 0 spiro atoms. The molecule has 0 bridgehead atoms. The van der Waals surface area contributed by atoms with Crippen LogP contribution in [0.15, 0.2) is 49.1 Å². The van der Waals surface area contributed by atoms with E-state index in [1.807, 2.05) is 31.2 Å². The van der Waals surface area contributed by atoms with Crippen molar-refractivity contribution in [2.45, 2.75) is 13.8 Å². The Morgan fingerprint density at radius 1 is 1.12 bits per heavy atom. The third-order valence-electron chi connectivity index (χ3n) is 1.90. The van der Waals surface area contributed by atoms with E-state index >= 15 is 0 Å². The highest BCUT2D eigenvalue weighted by atomic mass is 16.1. The smallest absolute Gasteiger partial charge is 0.159 e. The number of rotatable bonds is 1. The fourth-order valence-corrected chi connectivity index (χ4v) is 1.12. The van der Waals surface area contributed by atoms with E-state index in [2.05, 4.69) is 9.97 Å². The summed E-state index contributed by atoms with van der Waals surface area (Å²) in [5.74, 6) is 0.128. The number of Topliss-reactive ketones (excluding diaryl/α,β-unsaturated/α-hetero) is 1. The van der Waals surface area contributed by atoms with E-state index in [0.717, 1.165) is 11.1 Å². The molecule has 0 aliphatic carbocycles. The monoisotopic (exact) mass is 214 g/mol. The van der Waals surface area contributed by atoms with Gasteiger partial charge in [0.05, 0.1) is 0 Å². The Kier molecular flexibility index (Phi) is 4.86. The van der Waals surface area contributed by atoms with Crippen LogP contribution < -0.4 is 0 Å². The summed E-state index contributed by atoms with van der Waals surface area (Å²) >= 11 is 0. The normalized spacial score (nSPS) is 8.88. The lowest BCUT2D eigenvalue weighted by Gasteiger charge is -1.94. The zero-order valence-electron chi connectivity index (χ0n) is 9.42. The van der Waals surface area contributed by atoms with Gasteiger partial charge in [0.1, 0.15) is 6.33 Å². The number of carbonyl (C=O) groups excluding carboxylic acids is 1. The highest BCUT2D eigenvalue weighted by Crippen LogP contribution is 2.03. The number of hydrogen-bond acceptors (Lipinski definition) is 3. The highest BCUT2D eigenvalue weighted by Gasteiger charge is 1.95. The van der Waals surface area contributed by atoms with Gasteiger partial charge in [0, 0.05) is 18.0 Å². The first-order valence-electron chi connectivity index (χ1n) is 4.97. The Morgan fingerprint density at radius 2 is 1.81 bits per heavy atom. The fourth-order valence-electron chi connectivity index (χ4n) is 1.12. The number of aromatic nitrogens is 2. The molecule has 3 heteroatoms. The minimum atomic E-state index is 0.128. The molecule has 0 unspecified atom stereocenters. The first-order chi connectivity index (χ1) is 7.70. The summed E-state index contributed by atoms with van der Waals surface area (Å²) in [5, 5.41) is 0. The zero-order chi connectivity index (χ0) is 11.8. The Bertz CT molecular complexity index is 414. The minimum absolute atomic E-state index is 0.128. The maximum atomic E-state index is 10.8. The van der Waals surface area contributed by atoms with E-state index in [1.165, 1.54) is 6.33 Å². The number of ketones is 1. The summed E-state index contributed by atoms with van der Waals surface area (Å²) < 4.78 is 0. The van der Waals surface area contributed by atoms with Crippen molar-refractivity contribution < 1.29 is 4.79 Å². The molecule has 1 aromatic heterocycles. The molecule has 0 atom stereocenters. The predicted molar refractivity (Wildman–Crippen MR) is 63.2 cm³/mol. The van der Waals surface area contributed by atoms with E-state index < -0.39 is 0 Å². The number of nitrogens with zero attached hydrogens (tertiary/aromatic N) is 2. The molecule has 0 radical (unpaired) electrons. The molecule has 0 aliphatic rings. The van der Waals surface area contributed by atoms with Gasteiger partial charge in [-0.15, -0.1) is 0 Å². The van der Waals surface area contributed by atoms with E-state index in [1.54, 1.807) is 25.4 Å². The van der Waals surface area contributed by atoms with Gasteiger partial charge in [-0.3, -0.25) is 4.79 Å². The van der Waals surface area contributed by atoms with Gasteiger partial charge in [-0.2, -0.15) is 0 Å². The van der Waals surface area contributed by atoms with E-state index in [0.29, 0.717) is 0 Å². The molecule has 0 saturated heterocycles. The molecule has 3 nitrogen and oxygen atoms in total. The number of benzene rings is 1. The third kappa shape index (κ3) is 4.46. The predicted octanol–water partition coefficient (Wildman–Crippen LogP) is 2.67. The Hall–Kier alpha value is -2.03. The summed E-state index contributed by atoms with van der Waals surface area (Å²) in [6, 6.07) is 9.37. The second kappa shape index (κ2) is 6.45. The van der Waals surface area contributed by atoms with Crippen molar-refractivity contribution in [1.29, 1.82) is 0 Å². The lowest BCUT2D eigenvalue weighted by molar-refractivity contribution is 0.101. The molecule has 82 valence electrons. The van der Waals surface area contributed by atoms with E-state index in [9.17, 15) is 4.79 Å². The molecule has 0 fully saturated rings. The molecule has 2 aromatic rings. The standard InChI is InChI=1S/C9H10O.C4H4N2/c1-7-4-3-5-9(6-7)8(2)10;1-2-5-4-6-3-1/h3-6H,1-2H3;1-4H.